The van der Waals surface area contributed by atoms with Crippen LogP contribution in [0.2, 0.25) is 0 Å². The monoisotopic (exact) mass is 659 g/mol. The number of carbonyl (C=O) groups is 3. The van der Waals surface area contributed by atoms with E-state index in [-0.39, 0.29) is 42.8 Å². The van der Waals surface area contributed by atoms with Crippen LogP contribution in [0, 0.1) is 6.92 Å². The Morgan fingerprint density at radius 2 is 1.91 bits per heavy atom. The standard InChI is InChI=1S/C34H41N7O5S/c1-22(2)33-36-23(3)30(47-33)34(44)40-17-14-25-21-41(39-38-25)16-9-19-46-29-26(12-8-13-28(29)45-4)31(42)37-27(32(43)35-15-18-40)20-24-10-6-5-7-11-24/h5-8,10-13,21-22,27H,9,14-20H2,1-4H3,(H,35,43)(H,37,42)/t27-/m0/s1. The zero-order valence-electron chi connectivity index (χ0n) is 27.2. The van der Waals surface area contributed by atoms with Gasteiger partial charge in [-0.05, 0) is 24.6 Å². The van der Waals surface area contributed by atoms with Crippen LogP contribution in [0.3, 0.4) is 0 Å². The SMILES string of the molecule is COc1cccc2c1OCCCn1cc(nn1)CCN(C(=O)c1sc(C(C)C)nc1C)CCNC(=O)[C@H](Cc1ccccc1)NC2=O. The Morgan fingerprint density at radius 3 is 2.66 bits per heavy atom. The minimum atomic E-state index is -0.887. The summed E-state index contributed by atoms with van der Waals surface area (Å²) >= 11 is 1.41. The number of ether oxygens (including phenoxy) is 2. The van der Waals surface area contributed by atoms with E-state index in [9.17, 15) is 14.4 Å². The van der Waals surface area contributed by atoms with Gasteiger partial charge in [0.1, 0.15) is 10.9 Å². The number of carbonyl (C=O) groups excluding carboxylic acids is 3. The third kappa shape index (κ3) is 8.53. The lowest BCUT2D eigenvalue weighted by atomic mass is 10.0. The van der Waals surface area contributed by atoms with E-state index in [0.717, 1.165) is 16.3 Å². The van der Waals surface area contributed by atoms with E-state index in [4.69, 9.17) is 9.47 Å². The molecule has 0 radical (unpaired) electrons. The van der Waals surface area contributed by atoms with Crippen LogP contribution in [0.1, 0.15) is 68.2 Å². The van der Waals surface area contributed by atoms with Crippen molar-refractivity contribution in [3.05, 3.63) is 87.1 Å². The fourth-order valence-electron chi connectivity index (χ4n) is 5.27. The molecule has 4 aromatic rings. The van der Waals surface area contributed by atoms with Gasteiger partial charge < -0.3 is 25.0 Å². The molecule has 2 bridgehead atoms. The van der Waals surface area contributed by atoms with Crippen molar-refractivity contribution < 1.29 is 23.9 Å². The molecule has 5 rings (SSSR count). The molecule has 2 N–H and O–H groups in total. The van der Waals surface area contributed by atoms with Crippen molar-refractivity contribution in [2.24, 2.45) is 0 Å². The van der Waals surface area contributed by atoms with Gasteiger partial charge in [0, 0.05) is 57.6 Å². The largest absolute Gasteiger partial charge is 0.493 e. The smallest absolute Gasteiger partial charge is 0.265 e. The van der Waals surface area contributed by atoms with Crippen molar-refractivity contribution in [2.45, 2.75) is 58.5 Å². The Bertz CT molecular complexity index is 1690. The highest BCUT2D eigenvalue weighted by Crippen LogP contribution is 2.31. The molecule has 0 saturated heterocycles. The summed E-state index contributed by atoms with van der Waals surface area (Å²) in [6, 6.07) is 13.7. The number of hydrogen-bond acceptors (Lipinski definition) is 9. The van der Waals surface area contributed by atoms with Crippen LogP contribution in [0.5, 0.6) is 11.5 Å². The van der Waals surface area contributed by atoms with Crippen LogP contribution in [-0.2, 0) is 24.2 Å². The normalized spacial score (nSPS) is 16.6. The number of nitrogens with zero attached hydrogens (tertiary/aromatic N) is 5. The van der Waals surface area contributed by atoms with Gasteiger partial charge in [-0.25, -0.2) is 4.98 Å². The summed E-state index contributed by atoms with van der Waals surface area (Å²) in [5.74, 6) is -0.0523. The Hall–Kier alpha value is -4.78. The van der Waals surface area contributed by atoms with Crippen molar-refractivity contribution in [3.8, 4) is 11.5 Å². The van der Waals surface area contributed by atoms with Crippen LogP contribution in [0.25, 0.3) is 0 Å². The zero-order chi connectivity index (χ0) is 33.3. The molecule has 2 aromatic heterocycles. The molecule has 1 atom stereocenters. The predicted octanol–water partition coefficient (Wildman–Crippen LogP) is 3.80. The second-order valence-electron chi connectivity index (χ2n) is 11.7. The average Bonchev–Trinajstić information content (AvgIpc) is 3.70. The molecule has 248 valence electrons. The lowest BCUT2D eigenvalue weighted by Crippen LogP contribution is -2.50. The van der Waals surface area contributed by atoms with E-state index in [1.54, 1.807) is 27.8 Å². The number of methoxy groups -OCH3 is 1. The maximum Gasteiger partial charge on any atom is 0.265 e. The maximum atomic E-state index is 13.8. The fourth-order valence-corrected chi connectivity index (χ4v) is 6.31. The minimum Gasteiger partial charge on any atom is -0.493 e. The fraction of sp³-hybridized carbons (Fsp3) is 0.412. The van der Waals surface area contributed by atoms with Crippen LogP contribution < -0.4 is 20.1 Å². The molecule has 0 aliphatic carbocycles. The van der Waals surface area contributed by atoms with E-state index in [1.807, 2.05) is 43.5 Å². The molecule has 1 aliphatic rings. The number of rotatable bonds is 5. The number of hydrogen-bond donors (Lipinski definition) is 2. The van der Waals surface area contributed by atoms with E-state index in [1.165, 1.54) is 18.4 Å². The second kappa shape index (κ2) is 15.7. The molecule has 0 spiro atoms. The summed E-state index contributed by atoms with van der Waals surface area (Å²) in [6.07, 6.45) is 3.22. The third-order valence-electron chi connectivity index (χ3n) is 7.82. The molecule has 0 unspecified atom stereocenters. The zero-order valence-corrected chi connectivity index (χ0v) is 28.0. The quantitative estimate of drug-likeness (QED) is 0.330. The van der Waals surface area contributed by atoms with Gasteiger partial charge >= 0.3 is 0 Å². The van der Waals surface area contributed by atoms with E-state index in [0.29, 0.717) is 54.6 Å². The third-order valence-corrected chi connectivity index (χ3v) is 9.27. The molecule has 3 amide bonds. The molecule has 0 fully saturated rings. The van der Waals surface area contributed by atoms with Gasteiger partial charge in [0.2, 0.25) is 5.91 Å². The first-order valence-electron chi connectivity index (χ1n) is 15.8. The molecular weight excluding hydrogens is 618 g/mol. The number of aryl methyl sites for hydroxylation is 2. The van der Waals surface area contributed by atoms with Crippen LogP contribution in [0.15, 0.2) is 54.7 Å². The molecule has 2 aromatic carbocycles. The van der Waals surface area contributed by atoms with Crippen molar-refractivity contribution >= 4 is 29.1 Å². The second-order valence-corrected chi connectivity index (χ2v) is 12.7. The van der Waals surface area contributed by atoms with Crippen LogP contribution in [0.4, 0.5) is 0 Å². The molecule has 12 nitrogen and oxygen atoms in total. The highest BCUT2D eigenvalue weighted by atomic mass is 32.1. The number of benzene rings is 2. The van der Waals surface area contributed by atoms with Gasteiger partial charge in [0.05, 0.1) is 35.7 Å². The predicted molar refractivity (Wildman–Crippen MR) is 178 cm³/mol. The summed E-state index contributed by atoms with van der Waals surface area (Å²) in [6.45, 7) is 7.60. The lowest BCUT2D eigenvalue weighted by Gasteiger charge is -2.24. The summed E-state index contributed by atoms with van der Waals surface area (Å²) < 4.78 is 13.3. The molecular formula is C34H41N7O5S. The first-order chi connectivity index (χ1) is 22.7. The van der Waals surface area contributed by atoms with E-state index < -0.39 is 11.9 Å². The van der Waals surface area contributed by atoms with Crippen molar-refractivity contribution in [1.29, 1.82) is 0 Å². The Labute approximate surface area is 278 Å². The van der Waals surface area contributed by atoms with Crippen LogP contribution in [-0.4, -0.2) is 82.0 Å². The topological polar surface area (TPSA) is 141 Å². The Balaban J connectivity index is 1.43. The number of nitrogens with one attached hydrogen (secondary N) is 2. The van der Waals surface area contributed by atoms with Gasteiger partial charge in [0.25, 0.3) is 11.8 Å². The lowest BCUT2D eigenvalue weighted by molar-refractivity contribution is -0.123. The molecule has 3 heterocycles. The van der Waals surface area contributed by atoms with Gasteiger partial charge in [-0.3, -0.25) is 19.1 Å². The molecule has 1 aliphatic heterocycles. The first-order valence-corrected chi connectivity index (χ1v) is 16.6. The maximum absolute atomic E-state index is 13.8. The Kier molecular flexibility index (Phi) is 11.2. The highest BCUT2D eigenvalue weighted by Gasteiger charge is 2.27. The number of fused-ring (bicyclic) bond motifs is 3. The summed E-state index contributed by atoms with van der Waals surface area (Å²) in [7, 11) is 1.52. The van der Waals surface area contributed by atoms with Gasteiger partial charge in [0.15, 0.2) is 11.5 Å². The van der Waals surface area contributed by atoms with E-state index in [2.05, 4.69) is 39.8 Å². The minimum absolute atomic E-state index is 0.142. The van der Waals surface area contributed by atoms with Crippen LogP contribution >= 0.6 is 11.3 Å². The number of thiazole rings is 1. The van der Waals surface area contributed by atoms with Crippen molar-refractivity contribution in [2.75, 3.05) is 33.4 Å². The Morgan fingerprint density at radius 1 is 1.11 bits per heavy atom. The molecule has 0 saturated carbocycles. The van der Waals surface area contributed by atoms with Crippen molar-refractivity contribution in [1.82, 2.24) is 35.5 Å². The first kappa shape index (κ1) is 33.6. The van der Waals surface area contributed by atoms with Gasteiger partial charge in [-0.1, -0.05) is 55.5 Å². The summed E-state index contributed by atoms with van der Waals surface area (Å²) in [5, 5.41) is 15.4. The number of aromatic nitrogens is 4. The van der Waals surface area contributed by atoms with Gasteiger partial charge in [-0.2, -0.15) is 0 Å². The van der Waals surface area contributed by atoms with Crippen molar-refractivity contribution in [3.63, 3.8) is 0 Å². The summed E-state index contributed by atoms with van der Waals surface area (Å²) in [5.41, 5.74) is 2.59. The highest BCUT2D eigenvalue weighted by molar-refractivity contribution is 7.13. The summed E-state index contributed by atoms with van der Waals surface area (Å²) in [4.78, 5) is 48.2. The molecule has 47 heavy (non-hydrogen) atoms. The molecule has 13 heteroatoms. The average molecular weight is 660 g/mol. The van der Waals surface area contributed by atoms with E-state index >= 15 is 0 Å². The number of para-hydroxylation sites is 1. The van der Waals surface area contributed by atoms with Gasteiger partial charge in [-0.15, -0.1) is 16.4 Å². The number of amides is 3.